The van der Waals surface area contributed by atoms with Crippen LogP contribution in [0.5, 0.6) is 0 Å². The van der Waals surface area contributed by atoms with Gasteiger partial charge in [-0.2, -0.15) is 18.3 Å². The predicted molar refractivity (Wildman–Crippen MR) is 80.9 cm³/mol. The molecule has 3 aromatic heterocycles. The first-order valence-electron chi connectivity index (χ1n) is 6.90. The first kappa shape index (κ1) is 16.6. The van der Waals surface area contributed by atoms with Crippen LogP contribution in [0.15, 0.2) is 33.3 Å². The molecule has 0 radical (unpaired) electrons. The van der Waals surface area contributed by atoms with E-state index in [-0.39, 0.29) is 23.3 Å². The normalized spacial score (nSPS) is 11.9. The fourth-order valence-electron chi connectivity index (χ4n) is 2.07. The molecule has 6 nitrogen and oxygen atoms in total. The third-order valence-corrected chi connectivity index (χ3v) is 4.24. The van der Waals surface area contributed by atoms with Gasteiger partial charge in [0.1, 0.15) is 5.69 Å². The summed E-state index contributed by atoms with van der Waals surface area (Å²) in [6, 6.07) is 5.27. The topological polar surface area (TPSA) is 69.6 Å². The Hall–Kier alpha value is -2.23. The van der Waals surface area contributed by atoms with Gasteiger partial charge in [-0.25, -0.2) is 0 Å². The van der Waals surface area contributed by atoms with Gasteiger partial charge in [-0.1, -0.05) is 6.07 Å². The number of pyridine rings is 1. The number of hydrogen-bond acceptors (Lipinski definition) is 5. The van der Waals surface area contributed by atoms with Crippen LogP contribution in [0.4, 0.5) is 13.2 Å². The van der Waals surface area contributed by atoms with E-state index < -0.39 is 11.9 Å². The molecule has 0 saturated carbocycles. The van der Waals surface area contributed by atoms with Gasteiger partial charge in [0.15, 0.2) is 5.69 Å². The molecule has 0 aliphatic heterocycles. The molecule has 0 amide bonds. The fourth-order valence-corrected chi connectivity index (χ4v) is 2.58. The SMILES string of the molecule is Cc1c(Br)c(C(F)(F)F)nn1CCc1nnc(-c2ccccn2)o1. The number of alkyl halides is 3. The molecule has 0 saturated heterocycles. The molecule has 0 bridgehead atoms. The zero-order valence-corrected chi connectivity index (χ0v) is 14.0. The molecule has 0 unspecified atom stereocenters. The lowest BCUT2D eigenvalue weighted by molar-refractivity contribution is -0.142. The van der Waals surface area contributed by atoms with Crippen LogP contribution in [-0.2, 0) is 19.1 Å². The van der Waals surface area contributed by atoms with Crippen LogP contribution in [0.2, 0.25) is 0 Å². The maximum Gasteiger partial charge on any atom is 0.436 e. The van der Waals surface area contributed by atoms with Crippen molar-refractivity contribution in [2.24, 2.45) is 0 Å². The fraction of sp³-hybridized carbons (Fsp3) is 0.286. The lowest BCUT2D eigenvalue weighted by Crippen LogP contribution is -2.10. The molecule has 0 aliphatic rings. The van der Waals surface area contributed by atoms with Crippen molar-refractivity contribution in [3.05, 3.63) is 46.1 Å². The summed E-state index contributed by atoms with van der Waals surface area (Å²) in [7, 11) is 0. The van der Waals surface area contributed by atoms with Crippen LogP contribution in [0.3, 0.4) is 0 Å². The summed E-state index contributed by atoms with van der Waals surface area (Å²) < 4.78 is 45.2. The maximum absolute atomic E-state index is 12.8. The molecule has 0 fully saturated rings. The highest BCUT2D eigenvalue weighted by atomic mass is 79.9. The Balaban J connectivity index is 1.74. The number of aromatic nitrogens is 5. The maximum atomic E-state index is 12.8. The largest absolute Gasteiger partial charge is 0.436 e. The monoisotopic (exact) mass is 401 g/mol. The van der Waals surface area contributed by atoms with Gasteiger partial charge in [0.05, 0.1) is 10.2 Å². The van der Waals surface area contributed by atoms with Gasteiger partial charge < -0.3 is 4.42 Å². The van der Waals surface area contributed by atoms with Crippen molar-refractivity contribution in [3.8, 4) is 11.6 Å². The summed E-state index contributed by atoms with van der Waals surface area (Å²) in [5, 5.41) is 11.4. The Morgan fingerprint density at radius 2 is 2.04 bits per heavy atom. The van der Waals surface area contributed by atoms with Crippen molar-refractivity contribution in [2.75, 3.05) is 0 Å². The molecule has 0 aliphatic carbocycles. The van der Waals surface area contributed by atoms with Crippen molar-refractivity contribution in [2.45, 2.75) is 26.1 Å². The highest BCUT2D eigenvalue weighted by Crippen LogP contribution is 2.35. The number of aryl methyl sites for hydroxylation is 2. The minimum absolute atomic E-state index is 0.0605. The molecule has 0 aromatic carbocycles. The molecule has 3 aromatic rings. The summed E-state index contributed by atoms with van der Waals surface area (Å²) in [5.74, 6) is 0.565. The second kappa shape index (κ2) is 6.34. The van der Waals surface area contributed by atoms with Crippen LogP contribution in [0.1, 0.15) is 17.3 Å². The van der Waals surface area contributed by atoms with Crippen LogP contribution in [0.25, 0.3) is 11.6 Å². The van der Waals surface area contributed by atoms with E-state index >= 15 is 0 Å². The van der Waals surface area contributed by atoms with E-state index in [0.717, 1.165) is 0 Å². The molecular formula is C14H11BrF3N5O. The van der Waals surface area contributed by atoms with Crippen LogP contribution >= 0.6 is 15.9 Å². The molecule has 126 valence electrons. The summed E-state index contributed by atoms with van der Waals surface area (Å²) >= 11 is 2.93. The molecule has 0 N–H and O–H groups in total. The Kier molecular flexibility index (Phi) is 4.39. The Morgan fingerprint density at radius 1 is 1.25 bits per heavy atom. The summed E-state index contributed by atoms with van der Waals surface area (Å²) in [5.41, 5.74) is -0.0277. The number of nitrogens with zero attached hydrogens (tertiary/aromatic N) is 5. The van der Waals surface area contributed by atoms with Gasteiger partial charge in [-0.15, -0.1) is 10.2 Å². The molecule has 24 heavy (non-hydrogen) atoms. The first-order valence-corrected chi connectivity index (χ1v) is 7.69. The van der Waals surface area contributed by atoms with Gasteiger partial charge in [0, 0.05) is 19.2 Å². The smallest absolute Gasteiger partial charge is 0.419 e. The Bertz CT molecular complexity index is 844. The van der Waals surface area contributed by atoms with Crippen molar-refractivity contribution >= 4 is 15.9 Å². The summed E-state index contributed by atoms with van der Waals surface area (Å²) in [6.07, 6.45) is -2.65. The minimum atomic E-state index is -4.51. The second-order valence-corrected chi connectivity index (χ2v) is 5.73. The van der Waals surface area contributed by atoms with Crippen molar-refractivity contribution in [1.29, 1.82) is 0 Å². The van der Waals surface area contributed by atoms with Gasteiger partial charge in [-0.05, 0) is 35.0 Å². The lowest BCUT2D eigenvalue weighted by Gasteiger charge is -2.02. The van der Waals surface area contributed by atoms with E-state index in [2.05, 4.69) is 36.2 Å². The van der Waals surface area contributed by atoms with E-state index in [1.165, 1.54) is 4.68 Å². The quantitative estimate of drug-likeness (QED) is 0.666. The zero-order chi connectivity index (χ0) is 17.3. The highest BCUT2D eigenvalue weighted by molar-refractivity contribution is 9.10. The van der Waals surface area contributed by atoms with Crippen LogP contribution in [0, 0.1) is 6.92 Å². The number of halogens is 4. The van der Waals surface area contributed by atoms with Gasteiger partial charge in [-0.3, -0.25) is 9.67 Å². The number of hydrogen-bond donors (Lipinski definition) is 0. The molecule has 0 spiro atoms. The molecule has 3 heterocycles. The second-order valence-electron chi connectivity index (χ2n) is 4.93. The molecule has 3 rings (SSSR count). The predicted octanol–water partition coefficient (Wildman–Crippen LogP) is 3.66. The summed E-state index contributed by atoms with van der Waals surface area (Å²) in [4.78, 5) is 4.09. The Morgan fingerprint density at radius 3 is 2.67 bits per heavy atom. The van der Waals surface area contributed by atoms with E-state index in [1.807, 2.05) is 0 Å². The molecule has 10 heteroatoms. The van der Waals surface area contributed by atoms with Gasteiger partial charge >= 0.3 is 6.18 Å². The lowest BCUT2D eigenvalue weighted by atomic mass is 10.3. The van der Waals surface area contributed by atoms with Gasteiger partial charge in [0.25, 0.3) is 5.89 Å². The third kappa shape index (κ3) is 3.32. The van der Waals surface area contributed by atoms with Crippen molar-refractivity contribution < 1.29 is 17.6 Å². The average molecular weight is 402 g/mol. The van der Waals surface area contributed by atoms with Crippen LogP contribution < -0.4 is 0 Å². The van der Waals surface area contributed by atoms with Gasteiger partial charge in [0.2, 0.25) is 5.89 Å². The minimum Gasteiger partial charge on any atom is -0.419 e. The molecular weight excluding hydrogens is 391 g/mol. The van der Waals surface area contributed by atoms with E-state index in [1.54, 1.807) is 31.3 Å². The van der Waals surface area contributed by atoms with Crippen LogP contribution in [-0.4, -0.2) is 25.0 Å². The van der Waals surface area contributed by atoms with E-state index in [4.69, 9.17) is 4.42 Å². The van der Waals surface area contributed by atoms with E-state index in [9.17, 15) is 13.2 Å². The zero-order valence-electron chi connectivity index (χ0n) is 12.4. The Labute approximate surface area is 142 Å². The first-order chi connectivity index (χ1) is 11.4. The summed E-state index contributed by atoms with van der Waals surface area (Å²) in [6.45, 7) is 1.74. The average Bonchev–Trinajstić information content (AvgIpc) is 3.12. The van der Waals surface area contributed by atoms with Crippen molar-refractivity contribution in [3.63, 3.8) is 0 Å². The highest BCUT2D eigenvalue weighted by Gasteiger charge is 2.37. The third-order valence-electron chi connectivity index (χ3n) is 3.29. The standard InChI is InChI=1S/C14H11BrF3N5O/c1-8-11(15)12(14(16,17)18)22-23(8)7-5-10-20-21-13(24-10)9-4-2-3-6-19-9/h2-4,6H,5,7H2,1H3. The number of rotatable bonds is 4. The van der Waals surface area contributed by atoms with Crippen molar-refractivity contribution in [1.82, 2.24) is 25.0 Å². The van der Waals surface area contributed by atoms with E-state index in [0.29, 0.717) is 17.3 Å². The molecule has 0 atom stereocenters.